The molecule has 0 saturated carbocycles. The Bertz CT molecular complexity index is 60.5. The van der Waals surface area contributed by atoms with Crippen LogP contribution in [-0.4, -0.2) is 12.0 Å². The van der Waals surface area contributed by atoms with Crippen molar-refractivity contribution in [1.29, 1.82) is 10.8 Å². The molecule has 0 saturated heterocycles. The molecule has 6 nitrogen and oxygen atoms in total. The van der Waals surface area contributed by atoms with Crippen molar-refractivity contribution in [3.63, 3.8) is 0 Å². The van der Waals surface area contributed by atoms with E-state index in [1.807, 2.05) is 0 Å². The lowest BCUT2D eigenvalue weighted by molar-refractivity contribution is 1.60. The summed E-state index contributed by atoms with van der Waals surface area (Å²) < 4.78 is 0. The maximum atomic E-state index is 6.99. The average Bonchev–Trinajstić information content (AvgIpc) is 1.39. The van der Waals surface area contributed by atoms with Gasteiger partial charge in [-0.1, -0.05) is 0 Å². The molecule has 0 aromatic rings. The molecule has 0 amide bonds. The Labute approximate surface area is 47.1 Å². The minimum absolute atomic E-state index is 0. The first kappa shape index (κ1) is 30.0. The third kappa shape index (κ3) is 36.4. The molecule has 0 radical (unpaired) electrons. The highest BCUT2D eigenvalue weighted by Gasteiger charge is 0.716. The highest BCUT2D eigenvalue weighted by molar-refractivity contribution is 5.39. The zero-order valence-electron chi connectivity index (χ0n) is 4.89. The predicted molar refractivity (Wildman–Crippen MR) is 34.1 cm³/mol. The highest BCUT2D eigenvalue weighted by atomic mass is 14.4. The highest BCUT2D eigenvalue weighted by Crippen LogP contribution is 0.992. The van der Waals surface area contributed by atoms with Gasteiger partial charge in [0.15, 0.2) is 0 Å². The minimum Gasteiger partial charge on any atom is -0.447 e. The normalized spacial score (nSPS) is 2.00. The molecule has 0 atom stereocenters. The van der Waals surface area contributed by atoms with Gasteiger partial charge in [0, 0.05) is 0 Å². The number of hydrogen-bond acceptors (Lipinski definition) is 2. The van der Waals surface area contributed by atoms with Gasteiger partial charge in [-0.05, 0) is 0 Å². The lowest BCUT2D eigenvalue weighted by Crippen LogP contribution is -1.08. The quantitative estimate of drug-likeness (QED) is 0.337. The van der Waals surface area contributed by atoms with E-state index in [0.717, 1.165) is 12.0 Å². The maximum absolute atomic E-state index is 6.99. The molecular formula is C2H10N6. The summed E-state index contributed by atoms with van der Waals surface area (Å²) in [4.78, 5) is 0. The second kappa shape index (κ2) is 269. The van der Waals surface area contributed by atoms with Crippen molar-refractivity contribution in [1.82, 2.24) is 12.3 Å². The Hall–Kier alpha value is -1.32. The molecular weight excluding hydrogens is 108 g/mol. The monoisotopic (exact) mass is 118 g/mol. The van der Waals surface area contributed by atoms with E-state index in [0.29, 0.717) is 0 Å². The zero-order valence-corrected chi connectivity index (χ0v) is 4.89. The first-order valence-electron chi connectivity index (χ1n) is 0.947. The molecule has 48 valence electrons. The van der Waals surface area contributed by atoms with Crippen molar-refractivity contribution in [3.05, 3.63) is 10.8 Å². The molecule has 8 heavy (non-hydrogen) atoms. The van der Waals surface area contributed by atoms with Gasteiger partial charge < -0.3 is 33.9 Å². The lowest BCUT2D eigenvalue weighted by atomic mass is 11.6. The van der Waals surface area contributed by atoms with Gasteiger partial charge in [-0.25, -0.2) is 0 Å². The van der Waals surface area contributed by atoms with Crippen molar-refractivity contribution in [2.75, 3.05) is 0 Å². The molecule has 0 aromatic heterocycles. The minimum atomic E-state index is 0. The summed E-state index contributed by atoms with van der Waals surface area (Å²) in [6.07, 6.45) is 0. The first-order valence-corrected chi connectivity index (χ1v) is 0.947. The smallest absolute Gasteiger partial charge is 0.158 e. The summed E-state index contributed by atoms with van der Waals surface area (Å²) in [5, 5.41) is 25.0. The summed E-state index contributed by atoms with van der Waals surface area (Å²) in [6, 6.07) is 2.00. The third-order valence-corrected chi connectivity index (χ3v) is 0. The van der Waals surface area contributed by atoms with Crippen LogP contribution in [0.3, 0.4) is 0 Å². The van der Waals surface area contributed by atoms with Crippen LogP contribution in [0.2, 0.25) is 0 Å². The van der Waals surface area contributed by atoms with Gasteiger partial charge in [0.1, 0.15) is 0 Å². The van der Waals surface area contributed by atoms with E-state index < -0.39 is 0 Å². The van der Waals surface area contributed by atoms with Crippen molar-refractivity contribution < 1.29 is 0 Å². The summed E-state index contributed by atoms with van der Waals surface area (Å²) in [5.74, 6) is 0. The second-order valence-corrected chi connectivity index (χ2v) is 0.224. The van der Waals surface area contributed by atoms with E-state index in [-0.39, 0.29) is 12.3 Å². The molecule has 0 aliphatic carbocycles. The maximum Gasteiger partial charge on any atom is -0.158 e. The number of nitrogens with zero attached hydrogens (tertiary/aromatic N) is 2. The fourth-order valence-electron chi connectivity index (χ4n) is 0. The number of quaternary nitrogens is 2. The van der Waals surface area contributed by atoms with E-state index in [1.165, 1.54) is 0 Å². The van der Waals surface area contributed by atoms with Crippen LogP contribution in [0.25, 0.3) is 10.8 Å². The summed E-state index contributed by atoms with van der Waals surface area (Å²) in [7, 11) is 0. The first-order chi connectivity index (χ1) is 2.83. The van der Waals surface area contributed by atoms with Gasteiger partial charge >= 0.3 is 0 Å². The van der Waals surface area contributed by atoms with Gasteiger partial charge in [0.25, 0.3) is 0 Å². The van der Waals surface area contributed by atoms with Gasteiger partial charge in [-0.2, -0.15) is 12.0 Å². The molecule has 0 aliphatic rings. The molecule has 0 bridgehead atoms. The second-order valence-electron chi connectivity index (χ2n) is 0.224. The van der Waals surface area contributed by atoms with Crippen LogP contribution in [-0.2, 0) is 0 Å². The van der Waals surface area contributed by atoms with E-state index in [4.69, 9.17) is 21.6 Å². The van der Waals surface area contributed by atoms with Crippen molar-refractivity contribution in [2.24, 2.45) is 0 Å². The Kier molecular flexibility index (Phi) is 1010. The Morgan fingerprint density at radius 1 is 0.875 bits per heavy atom. The summed E-state index contributed by atoms with van der Waals surface area (Å²) in [6.45, 7) is 0. The van der Waals surface area contributed by atoms with Gasteiger partial charge in [-0.15, -0.1) is 0 Å². The molecule has 0 fully saturated rings. The summed E-state index contributed by atoms with van der Waals surface area (Å²) in [5.41, 5.74) is 0. The number of nitrogens with one attached hydrogen (secondary N) is 2. The standard InChI is InChI=1S/2CHN2.2H3N/c2*2-1-3;;/h2*2H;2*1H3/q2*-1;;/p+2. The number of rotatable bonds is 0. The predicted octanol–water partition coefficient (Wildman–Crippen LogP) is 1.37. The van der Waals surface area contributed by atoms with Crippen LogP contribution in [0, 0.1) is 10.8 Å². The Morgan fingerprint density at radius 3 is 0.875 bits per heavy atom. The molecule has 0 unspecified atom stereocenters. The van der Waals surface area contributed by atoms with E-state index in [9.17, 15) is 0 Å². The van der Waals surface area contributed by atoms with Crippen molar-refractivity contribution in [3.8, 4) is 0 Å². The molecule has 0 spiro atoms. The topological polar surface area (TPSA) is 165 Å². The van der Waals surface area contributed by atoms with Gasteiger partial charge in [0.2, 0.25) is 0 Å². The van der Waals surface area contributed by atoms with Crippen LogP contribution in [0.4, 0.5) is 0 Å². The molecule has 0 aliphatic heterocycles. The van der Waals surface area contributed by atoms with E-state index in [2.05, 4.69) is 0 Å². The number of hydrogen-bond donors (Lipinski definition) is 4. The fraction of sp³-hybridized carbons (Fsp3) is 0. The Balaban J connectivity index is -0.0000000160. The van der Waals surface area contributed by atoms with Crippen LogP contribution >= 0.6 is 0 Å². The van der Waals surface area contributed by atoms with Crippen LogP contribution in [0.5, 0.6) is 0 Å². The van der Waals surface area contributed by atoms with Gasteiger partial charge in [0.05, 0.1) is 0 Å². The van der Waals surface area contributed by atoms with Crippen LogP contribution in [0.15, 0.2) is 0 Å². The summed E-state index contributed by atoms with van der Waals surface area (Å²) >= 11 is 0. The van der Waals surface area contributed by atoms with E-state index >= 15 is 0 Å². The molecule has 6 heteroatoms. The molecule has 0 aromatic carbocycles. The van der Waals surface area contributed by atoms with Crippen molar-refractivity contribution >= 4 is 12.0 Å². The SMILES string of the molecule is [N-]=C=N.[N-]=C=N.[NH4+].[NH4+]. The van der Waals surface area contributed by atoms with E-state index in [1.54, 1.807) is 0 Å². The largest absolute Gasteiger partial charge is 0.447 e. The lowest BCUT2D eigenvalue weighted by Gasteiger charge is -1.31. The molecule has 10 N–H and O–H groups in total. The zero-order chi connectivity index (χ0) is 5.41. The van der Waals surface area contributed by atoms with Gasteiger partial charge in [-0.3, -0.25) is 0 Å². The van der Waals surface area contributed by atoms with Crippen LogP contribution in [0.1, 0.15) is 0 Å². The van der Waals surface area contributed by atoms with Crippen molar-refractivity contribution in [2.45, 2.75) is 0 Å². The fourth-order valence-corrected chi connectivity index (χ4v) is 0. The Morgan fingerprint density at radius 2 is 0.875 bits per heavy atom. The van der Waals surface area contributed by atoms with Crippen LogP contribution < -0.4 is 12.3 Å². The third-order valence-electron chi connectivity index (χ3n) is 0. The molecule has 0 rings (SSSR count). The molecule has 0 heterocycles. The average molecular weight is 118 g/mol.